The van der Waals surface area contributed by atoms with E-state index in [2.05, 4.69) is 10.6 Å². The quantitative estimate of drug-likeness (QED) is 0.267. The van der Waals surface area contributed by atoms with Gasteiger partial charge >= 0.3 is 0 Å². The number of hydrogen-bond acceptors (Lipinski definition) is 5. The van der Waals surface area contributed by atoms with Crippen LogP contribution in [-0.4, -0.2) is 38.5 Å². The van der Waals surface area contributed by atoms with E-state index in [0.717, 1.165) is 50.0 Å². The summed E-state index contributed by atoms with van der Waals surface area (Å²) >= 11 is 1.32. The molecule has 0 unspecified atom stereocenters. The van der Waals surface area contributed by atoms with Gasteiger partial charge in [-0.3, -0.25) is 14.0 Å². The van der Waals surface area contributed by atoms with Crippen molar-refractivity contribution in [1.29, 1.82) is 0 Å². The summed E-state index contributed by atoms with van der Waals surface area (Å²) in [6.45, 7) is 5.85. The highest BCUT2D eigenvalue weighted by molar-refractivity contribution is 7.99. The molecule has 2 amide bonds. The summed E-state index contributed by atoms with van der Waals surface area (Å²) in [6, 6.07) is 19.8. The van der Waals surface area contributed by atoms with Crippen molar-refractivity contribution < 1.29 is 9.59 Å². The number of para-hydroxylation sites is 3. The van der Waals surface area contributed by atoms with Gasteiger partial charge in [0.25, 0.3) is 0 Å². The fourth-order valence-corrected chi connectivity index (χ4v) is 5.17. The summed E-state index contributed by atoms with van der Waals surface area (Å²) in [5.41, 5.74) is 7.37. The second-order valence-electron chi connectivity index (χ2n) is 8.56. The van der Waals surface area contributed by atoms with Crippen molar-refractivity contribution in [3.8, 4) is 0 Å². The number of thioether (sulfide) groups is 1. The first-order valence-electron chi connectivity index (χ1n) is 11.3. The fourth-order valence-electron chi connectivity index (χ4n) is 4.33. The molecule has 0 saturated heterocycles. The van der Waals surface area contributed by atoms with Crippen LogP contribution in [0, 0.1) is 20.8 Å². The molecule has 2 heterocycles. The predicted octanol–water partition coefficient (Wildman–Crippen LogP) is 4.81. The number of fused-ring (bicyclic) bond motifs is 5. The monoisotopic (exact) mass is 483 g/mol. The van der Waals surface area contributed by atoms with Crippen LogP contribution in [0.25, 0.3) is 27.6 Å². The molecule has 3 aromatic carbocycles. The van der Waals surface area contributed by atoms with Gasteiger partial charge in [-0.2, -0.15) is 0 Å². The molecule has 35 heavy (non-hydrogen) atoms. The Kier molecular flexibility index (Phi) is 6.13. The van der Waals surface area contributed by atoms with E-state index in [4.69, 9.17) is 9.97 Å². The Hall–Kier alpha value is -3.91. The van der Waals surface area contributed by atoms with E-state index < -0.39 is 0 Å². The van der Waals surface area contributed by atoms with Gasteiger partial charge in [0, 0.05) is 11.1 Å². The zero-order valence-electron chi connectivity index (χ0n) is 19.8. The molecular formula is C27H25N5O2S. The average molecular weight is 484 g/mol. The van der Waals surface area contributed by atoms with Crippen LogP contribution in [0.15, 0.2) is 65.8 Å². The lowest BCUT2D eigenvalue weighted by molar-refractivity contribution is -0.122. The van der Waals surface area contributed by atoms with Gasteiger partial charge in [0.05, 0.1) is 28.8 Å². The molecule has 0 aliphatic rings. The van der Waals surface area contributed by atoms with Crippen molar-refractivity contribution in [3.63, 3.8) is 0 Å². The van der Waals surface area contributed by atoms with Crippen molar-refractivity contribution in [1.82, 2.24) is 19.7 Å². The molecule has 8 heteroatoms. The summed E-state index contributed by atoms with van der Waals surface area (Å²) < 4.78 is 1.99. The average Bonchev–Trinajstić information content (AvgIpc) is 3.23. The van der Waals surface area contributed by atoms with E-state index in [0.29, 0.717) is 5.16 Å². The third-order valence-corrected chi connectivity index (χ3v) is 6.77. The topological polar surface area (TPSA) is 88.4 Å². The smallest absolute Gasteiger partial charge is 0.243 e. The maximum Gasteiger partial charge on any atom is 0.243 e. The van der Waals surface area contributed by atoms with Gasteiger partial charge in [-0.15, -0.1) is 0 Å². The van der Waals surface area contributed by atoms with Crippen LogP contribution in [0.4, 0.5) is 5.69 Å². The number of nitrogens with one attached hydrogen (secondary N) is 2. The van der Waals surface area contributed by atoms with Gasteiger partial charge in [0.1, 0.15) is 5.65 Å². The van der Waals surface area contributed by atoms with Gasteiger partial charge in [-0.25, -0.2) is 9.97 Å². The molecule has 5 aromatic rings. The molecule has 0 bridgehead atoms. The standard InChI is InChI=1S/C27H25N5O2S/c1-16-12-17(2)25(18(3)13-16)31-23(33)14-28-24(34)15-35-27-30-20-9-5-4-8-19(20)26-29-21-10-6-7-11-22(21)32(26)27/h4-13H,14-15H2,1-3H3,(H,28,34)(H,31,33). The lowest BCUT2D eigenvalue weighted by atomic mass is 10.1. The Bertz CT molecular complexity index is 1590. The van der Waals surface area contributed by atoms with Gasteiger partial charge < -0.3 is 10.6 Å². The first kappa shape index (κ1) is 22.9. The summed E-state index contributed by atoms with van der Waals surface area (Å²) in [7, 11) is 0. The third-order valence-electron chi connectivity index (χ3n) is 5.83. The highest BCUT2D eigenvalue weighted by Crippen LogP contribution is 2.28. The zero-order valence-corrected chi connectivity index (χ0v) is 20.6. The lowest BCUT2D eigenvalue weighted by Crippen LogP contribution is -2.34. The van der Waals surface area contributed by atoms with Crippen LogP contribution < -0.4 is 10.6 Å². The normalized spacial score (nSPS) is 11.3. The molecule has 0 aliphatic heterocycles. The zero-order chi connectivity index (χ0) is 24.5. The van der Waals surface area contributed by atoms with Gasteiger partial charge in [-0.1, -0.05) is 53.7 Å². The number of aromatic nitrogens is 3. The van der Waals surface area contributed by atoms with Gasteiger partial charge in [0.2, 0.25) is 11.8 Å². The fraction of sp³-hybridized carbons (Fsp3) is 0.185. The van der Waals surface area contributed by atoms with E-state index in [1.807, 2.05) is 85.8 Å². The van der Waals surface area contributed by atoms with E-state index >= 15 is 0 Å². The predicted molar refractivity (Wildman–Crippen MR) is 141 cm³/mol. The summed E-state index contributed by atoms with van der Waals surface area (Å²) in [5.74, 6) is -0.372. The van der Waals surface area contributed by atoms with Crippen LogP contribution in [0.3, 0.4) is 0 Å². The maximum atomic E-state index is 12.6. The number of nitrogens with zero attached hydrogens (tertiary/aromatic N) is 3. The van der Waals surface area contributed by atoms with E-state index in [1.54, 1.807) is 0 Å². The van der Waals surface area contributed by atoms with Crippen molar-refractivity contribution >= 4 is 56.8 Å². The highest BCUT2D eigenvalue weighted by atomic mass is 32.2. The minimum Gasteiger partial charge on any atom is -0.346 e. The summed E-state index contributed by atoms with van der Waals surface area (Å²) in [6.07, 6.45) is 0. The molecule has 2 aromatic heterocycles. The lowest BCUT2D eigenvalue weighted by Gasteiger charge is -2.13. The summed E-state index contributed by atoms with van der Waals surface area (Å²) in [5, 5.41) is 7.26. The summed E-state index contributed by atoms with van der Waals surface area (Å²) in [4.78, 5) is 34.7. The highest BCUT2D eigenvalue weighted by Gasteiger charge is 2.16. The van der Waals surface area contributed by atoms with Crippen LogP contribution >= 0.6 is 11.8 Å². The number of hydrogen-bond donors (Lipinski definition) is 2. The number of anilines is 1. The van der Waals surface area contributed by atoms with E-state index in [9.17, 15) is 9.59 Å². The van der Waals surface area contributed by atoms with Crippen LogP contribution in [-0.2, 0) is 9.59 Å². The number of carbonyl (C=O) groups excluding carboxylic acids is 2. The molecule has 0 spiro atoms. The molecular weight excluding hydrogens is 458 g/mol. The molecule has 2 N–H and O–H groups in total. The first-order chi connectivity index (χ1) is 16.9. The SMILES string of the molecule is Cc1cc(C)c(NC(=O)CNC(=O)CSc2nc3ccccc3c3nc4ccccc4n23)c(C)c1. The molecule has 0 fully saturated rings. The number of imidazole rings is 1. The van der Waals surface area contributed by atoms with Gasteiger partial charge in [0.15, 0.2) is 5.16 Å². The number of rotatable bonds is 6. The Morgan fingerprint density at radius 1 is 0.886 bits per heavy atom. The maximum absolute atomic E-state index is 12.6. The van der Waals surface area contributed by atoms with E-state index in [-0.39, 0.29) is 24.1 Å². The minimum absolute atomic E-state index is 0.0965. The van der Waals surface area contributed by atoms with E-state index in [1.165, 1.54) is 11.8 Å². The number of carbonyl (C=O) groups is 2. The molecule has 176 valence electrons. The largest absolute Gasteiger partial charge is 0.346 e. The molecule has 0 radical (unpaired) electrons. The second kappa shape index (κ2) is 9.38. The third kappa shape index (κ3) is 4.57. The minimum atomic E-state index is -0.259. The number of benzene rings is 3. The Morgan fingerprint density at radius 3 is 2.34 bits per heavy atom. The molecule has 5 rings (SSSR count). The Morgan fingerprint density at radius 2 is 1.57 bits per heavy atom. The van der Waals surface area contributed by atoms with Gasteiger partial charge in [-0.05, 0) is 56.2 Å². The number of amides is 2. The van der Waals surface area contributed by atoms with Crippen LogP contribution in [0.2, 0.25) is 0 Å². The van der Waals surface area contributed by atoms with Crippen molar-refractivity contribution in [2.24, 2.45) is 0 Å². The molecule has 0 saturated carbocycles. The van der Waals surface area contributed by atoms with Crippen LogP contribution in [0.1, 0.15) is 16.7 Å². The van der Waals surface area contributed by atoms with Crippen LogP contribution in [0.5, 0.6) is 0 Å². The van der Waals surface area contributed by atoms with Crippen molar-refractivity contribution in [2.75, 3.05) is 17.6 Å². The Balaban J connectivity index is 1.30. The second-order valence-corrected chi connectivity index (χ2v) is 9.50. The van der Waals surface area contributed by atoms with Crippen molar-refractivity contribution in [2.45, 2.75) is 25.9 Å². The Labute approximate surface area is 207 Å². The molecule has 7 nitrogen and oxygen atoms in total. The number of aryl methyl sites for hydroxylation is 3. The van der Waals surface area contributed by atoms with Crippen molar-refractivity contribution in [3.05, 3.63) is 77.4 Å². The molecule has 0 atom stereocenters. The molecule has 0 aliphatic carbocycles. The first-order valence-corrected chi connectivity index (χ1v) is 12.3.